The van der Waals surface area contributed by atoms with Gasteiger partial charge in [0.05, 0.1) is 19.3 Å². The van der Waals surface area contributed by atoms with Crippen LogP contribution in [0, 0.1) is 5.92 Å². The van der Waals surface area contributed by atoms with Crippen LogP contribution in [0.4, 0.5) is 0 Å². The average Bonchev–Trinajstić information content (AvgIpc) is 3.11. The third-order valence-corrected chi connectivity index (χ3v) is 8.82. The lowest BCUT2D eigenvalue weighted by Gasteiger charge is -2.15. The predicted molar refractivity (Wildman–Crippen MR) is 204 cm³/mol. The fourth-order valence-electron chi connectivity index (χ4n) is 5.65. The van der Waals surface area contributed by atoms with Gasteiger partial charge in [0.1, 0.15) is 6.29 Å². The molecule has 2 unspecified atom stereocenters. The topological polar surface area (TPSA) is 108 Å². The number of rotatable bonds is 33. The van der Waals surface area contributed by atoms with Crippen molar-refractivity contribution in [1.29, 1.82) is 0 Å². The molecule has 0 saturated heterocycles. The molecule has 0 bridgehead atoms. The number of carbonyl (C=O) groups is 3. The summed E-state index contributed by atoms with van der Waals surface area (Å²) in [5.74, 6) is -0.617. The van der Waals surface area contributed by atoms with Crippen LogP contribution in [0.15, 0.2) is 41.4 Å². The third-order valence-electron chi connectivity index (χ3n) is 8.82. The number of carbonyl (C=O) groups excluding carboxylic acids is 3. The number of hydrogen-bond donors (Lipinski definition) is 1. The van der Waals surface area contributed by atoms with E-state index in [4.69, 9.17) is 15.2 Å². The molecule has 0 aromatic heterocycles. The summed E-state index contributed by atoms with van der Waals surface area (Å²) in [6.07, 6.45) is 32.4. The molecule has 7 heteroatoms. The van der Waals surface area contributed by atoms with E-state index in [9.17, 15) is 14.4 Å². The summed E-state index contributed by atoms with van der Waals surface area (Å²) in [7, 11) is 0. The summed E-state index contributed by atoms with van der Waals surface area (Å²) in [5.41, 5.74) is 7.63. The highest BCUT2D eigenvalue weighted by Gasteiger charge is 2.15. The van der Waals surface area contributed by atoms with Crippen molar-refractivity contribution in [2.45, 2.75) is 168 Å². The molecular formula is C42H70N2O5. The van der Waals surface area contributed by atoms with Gasteiger partial charge in [-0.2, -0.15) is 0 Å². The van der Waals surface area contributed by atoms with Crippen LogP contribution < -0.4 is 5.73 Å². The summed E-state index contributed by atoms with van der Waals surface area (Å²) >= 11 is 0. The molecule has 7 nitrogen and oxygen atoms in total. The van der Waals surface area contributed by atoms with Crippen molar-refractivity contribution in [2.75, 3.05) is 19.8 Å². The zero-order chi connectivity index (χ0) is 35.6. The van der Waals surface area contributed by atoms with Gasteiger partial charge in [0.2, 0.25) is 0 Å². The van der Waals surface area contributed by atoms with Crippen LogP contribution in [-0.2, 0) is 30.3 Å². The second-order valence-corrected chi connectivity index (χ2v) is 13.7. The van der Waals surface area contributed by atoms with Crippen molar-refractivity contribution >= 4 is 24.4 Å². The first-order valence-corrected chi connectivity index (χ1v) is 19.7. The molecule has 0 saturated carbocycles. The van der Waals surface area contributed by atoms with Crippen LogP contribution in [0.5, 0.6) is 0 Å². The van der Waals surface area contributed by atoms with Crippen LogP contribution in [0.2, 0.25) is 0 Å². The van der Waals surface area contributed by atoms with E-state index in [1.807, 2.05) is 24.3 Å². The number of hydrogen-bond acceptors (Lipinski definition) is 7. The number of ether oxygens (including phenoxy) is 2. The summed E-state index contributed by atoms with van der Waals surface area (Å²) < 4.78 is 11.2. The first-order valence-electron chi connectivity index (χ1n) is 19.7. The zero-order valence-corrected chi connectivity index (χ0v) is 31.2. The van der Waals surface area contributed by atoms with Gasteiger partial charge in [-0.15, -0.1) is 0 Å². The van der Waals surface area contributed by atoms with E-state index in [0.717, 1.165) is 62.4 Å². The molecule has 0 aliphatic heterocycles. The number of benzene rings is 1. The van der Waals surface area contributed by atoms with Gasteiger partial charge in [0.15, 0.2) is 0 Å². The van der Waals surface area contributed by atoms with Gasteiger partial charge >= 0.3 is 11.9 Å². The minimum Gasteiger partial charge on any atom is -0.465 e. The largest absolute Gasteiger partial charge is 0.465 e. The van der Waals surface area contributed by atoms with Crippen molar-refractivity contribution in [1.82, 2.24) is 0 Å². The average molecular weight is 683 g/mol. The molecule has 1 aromatic rings. The number of unbranched alkanes of at least 4 members (excludes halogenated alkanes) is 17. The lowest BCUT2D eigenvalue weighted by Crippen LogP contribution is -2.24. The molecule has 2 N–H and O–H groups in total. The summed E-state index contributed by atoms with van der Waals surface area (Å²) in [4.78, 5) is 40.3. The highest BCUT2D eigenvalue weighted by Crippen LogP contribution is 2.13. The van der Waals surface area contributed by atoms with Crippen LogP contribution in [0.1, 0.15) is 166 Å². The van der Waals surface area contributed by atoms with Crippen molar-refractivity contribution in [3.63, 3.8) is 0 Å². The van der Waals surface area contributed by atoms with Crippen LogP contribution in [0.25, 0.3) is 0 Å². The van der Waals surface area contributed by atoms with Crippen molar-refractivity contribution in [3.05, 3.63) is 47.5 Å². The Morgan fingerprint density at radius 3 is 1.59 bits per heavy atom. The van der Waals surface area contributed by atoms with Crippen LogP contribution in [0.3, 0.4) is 0 Å². The van der Waals surface area contributed by atoms with Crippen LogP contribution >= 0.6 is 0 Å². The minimum atomic E-state index is -0.506. The second kappa shape index (κ2) is 32.4. The highest BCUT2D eigenvalue weighted by molar-refractivity contribution is 5.79. The molecule has 2 atom stereocenters. The fourth-order valence-corrected chi connectivity index (χ4v) is 5.65. The Balaban J connectivity index is 2.37. The SMILES string of the molecule is CCCCCCCC/C=C\CCCCCCCC(=O)OCC(C/N=C\c1ccc(CC(N)C=O)cc1)COC(=O)CCCCCCCCC. The molecule has 0 spiro atoms. The van der Waals surface area contributed by atoms with Gasteiger partial charge < -0.3 is 20.0 Å². The van der Waals surface area contributed by atoms with E-state index < -0.39 is 6.04 Å². The Labute approximate surface area is 299 Å². The highest BCUT2D eigenvalue weighted by atomic mass is 16.5. The monoisotopic (exact) mass is 683 g/mol. The van der Waals surface area contributed by atoms with E-state index >= 15 is 0 Å². The van der Waals surface area contributed by atoms with Gasteiger partial charge in [-0.25, -0.2) is 0 Å². The maximum absolute atomic E-state index is 12.5. The zero-order valence-electron chi connectivity index (χ0n) is 31.2. The molecule has 0 amide bonds. The maximum Gasteiger partial charge on any atom is 0.305 e. The van der Waals surface area contributed by atoms with E-state index in [2.05, 4.69) is 31.0 Å². The van der Waals surface area contributed by atoms with Gasteiger partial charge in [-0.05, 0) is 56.1 Å². The molecule has 49 heavy (non-hydrogen) atoms. The van der Waals surface area contributed by atoms with E-state index in [1.165, 1.54) is 83.5 Å². The molecular weight excluding hydrogens is 612 g/mol. The minimum absolute atomic E-state index is 0.175. The second-order valence-electron chi connectivity index (χ2n) is 13.7. The molecule has 1 rings (SSSR count). The normalized spacial score (nSPS) is 12.8. The summed E-state index contributed by atoms with van der Waals surface area (Å²) in [6, 6.07) is 7.23. The van der Waals surface area contributed by atoms with E-state index in [0.29, 0.717) is 25.8 Å². The van der Waals surface area contributed by atoms with E-state index in [1.54, 1.807) is 6.21 Å². The molecule has 0 aliphatic carbocycles. The Kier molecular flexibility index (Phi) is 29.2. The van der Waals surface area contributed by atoms with Crippen molar-refractivity contribution in [2.24, 2.45) is 16.6 Å². The smallest absolute Gasteiger partial charge is 0.305 e. The summed E-state index contributed by atoms with van der Waals surface area (Å²) in [6.45, 7) is 5.20. The number of nitrogens with zero attached hydrogens (tertiary/aromatic N) is 1. The molecule has 0 aliphatic rings. The van der Waals surface area contributed by atoms with Gasteiger partial charge in [0, 0.05) is 31.5 Å². The molecule has 0 radical (unpaired) electrons. The molecule has 278 valence electrons. The lowest BCUT2D eigenvalue weighted by molar-refractivity contribution is -0.148. The van der Waals surface area contributed by atoms with Crippen LogP contribution in [-0.4, -0.2) is 50.2 Å². The first kappa shape index (κ1) is 44.2. The third kappa shape index (κ3) is 27.7. The molecule has 0 fully saturated rings. The Bertz CT molecular complexity index is 1010. The molecule has 1 aromatic carbocycles. The summed E-state index contributed by atoms with van der Waals surface area (Å²) in [5, 5.41) is 0. The quantitative estimate of drug-likeness (QED) is 0.0260. The Hall–Kier alpha value is -2.80. The van der Waals surface area contributed by atoms with Crippen molar-refractivity contribution in [3.8, 4) is 0 Å². The fraction of sp³-hybridized carbons (Fsp3) is 0.714. The lowest BCUT2D eigenvalue weighted by atomic mass is 10.1. The standard InChI is InChI=1S/C42H70N2O5/c1-3-5-7-9-11-12-13-14-15-16-17-18-20-22-24-26-42(47)49-36-39(35-48-41(46)25-23-21-19-10-8-6-4-2)33-44-32-38-29-27-37(28-30-38)31-40(43)34-45/h14-15,27-30,32,34,39-40H,3-13,16-26,31,33,35-36,43H2,1-2H3/b15-14-,44-32-. The Morgan fingerprint density at radius 1 is 0.673 bits per heavy atom. The van der Waals surface area contributed by atoms with E-state index in [-0.39, 0.29) is 31.1 Å². The number of aliphatic imine (C=N–C) groups is 1. The Morgan fingerprint density at radius 2 is 1.12 bits per heavy atom. The first-order chi connectivity index (χ1) is 24.0. The number of nitrogens with two attached hydrogens (primary N) is 1. The number of allylic oxidation sites excluding steroid dienone is 2. The van der Waals surface area contributed by atoms with Gasteiger partial charge in [0.25, 0.3) is 0 Å². The number of esters is 2. The number of aldehydes is 1. The van der Waals surface area contributed by atoms with Gasteiger partial charge in [-0.3, -0.25) is 14.6 Å². The molecule has 0 heterocycles. The maximum atomic E-state index is 12.5. The predicted octanol–water partition coefficient (Wildman–Crippen LogP) is 10.1. The van der Waals surface area contributed by atoms with Crippen molar-refractivity contribution < 1.29 is 23.9 Å². The van der Waals surface area contributed by atoms with Gasteiger partial charge in [-0.1, -0.05) is 140 Å².